The van der Waals surface area contributed by atoms with E-state index in [1.807, 2.05) is 24.3 Å². The second kappa shape index (κ2) is 5.48. The molecule has 0 radical (unpaired) electrons. The molecule has 3 heteroatoms. The van der Waals surface area contributed by atoms with E-state index in [2.05, 4.69) is 17.5 Å². The van der Waals surface area contributed by atoms with Gasteiger partial charge in [-0.25, -0.2) is 0 Å². The zero-order valence-electron chi connectivity index (χ0n) is 8.90. The lowest BCUT2D eigenvalue weighted by atomic mass is 10.0. The van der Waals surface area contributed by atoms with Crippen molar-refractivity contribution in [3.8, 4) is 0 Å². The molecule has 1 aromatic carbocycles. The van der Waals surface area contributed by atoms with Crippen molar-refractivity contribution in [3.05, 3.63) is 57.2 Å². The van der Waals surface area contributed by atoms with Crippen LogP contribution < -0.4 is 5.73 Å². The topological polar surface area (TPSA) is 26.0 Å². The molecule has 16 heavy (non-hydrogen) atoms. The quantitative estimate of drug-likeness (QED) is 0.872. The average molecular weight is 252 g/mol. The molecule has 0 bridgehead atoms. The van der Waals surface area contributed by atoms with Crippen LogP contribution in [0.4, 0.5) is 0 Å². The summed E-state index contributed by atoms with van der Waals surface area (Å²) in [7, 11) is 0. The van der Waals surface area contributed by atoms with Crippen molar-refractivity contribution < 1.29 is 0 Å². The summed E-state index contributed by atoms with van der Waals surface area (Å²) >= 11 is 7.62. The Labute approximate surface area is 105 Å². The molecule has 2 N–H and O–H groups in total. The van der Waals surface area contributed by atoms with Crippen molar-refractivity contribution in [3.63, 3.8) is 0 Å². The van der Waals surface area contributed by atoms with Crippen molar-refractivity contribution in [2.45, 2.75) is 18.9 Å². The van der Waals surface area contributed by atoms with Gasteiger partial charge in [-0.3, -0.25) is 0 Å². The van der Waals surface area contributed by atoms with Crippen LogP contribution in [-0.2, 0) is 6.42 Å². The Balaban J connectivity index is 1.93. The Hall–Kier alpha value is -0.830. The number of rotatable bonds is 4. The molecule has 0 amide bonds. The molecular formula is C13H14ClNS. The van der Waals surface area contributed by atoms with Gasteiger partial charge in [0.25, 0.3) is 0 Å². The summed E-state index contributed by atoms with van der Waals surface area (Å²) in [4.78, 5) is 1.39. The Bertz CT molecular complexity index is 422. The summed E-state index contributed by atoms with van der Waals surface area (Å²) in [5.41, 5.74) is 7.28. The van der Waals surface area contributed by atoms with E-state index < -0.39 is 0 Å². The van der Waals surface area contributed by atoms with Gasteiger partial charge in [0.2, 0.25) is 0 Å². The monoisotopic (exact) mass is 251 g/mol. The van der Waals surface area contributed by atoms with Gasteiger partial charge < -0.3 is 5.73 Å². The number of thiophene rings is 1. The fourth-order valence-corrected chi connectivity index (χ4v) is 2.48. The predicted octanol–water partition coefficient (Wildman–Crippen LogP) is 4.03. The van der Waals surface area contributed by atoms with Crippen LogP contribution in [0.15, 0.2) is 41.8 Å². The fraction of sp³-hybridized carbons (Fsp3) is 0.231. The molecule has 2 rings (SSSR count). The van der Waals surface area contributed by atoms with Crippen LogP contribution in [0.25, 0.3) is 0 Å². The van der Waals surface area contributed by atoms with Crippen LogP contribution in [0.5, 0.6) is 0 Å². The predicted molar refractivity (Wildman–Crippen MR) is 71.0 cm³/mol. The largest absolute Gasteiger partial charge is 0.324 e. The highest BCUT2D eigenvalue weighted by atomic mass is 35.5. The first-order valence-electron chi connectivity index (χ1n) is 5.29. The lowest BCUT2D eigenvalue weighted by Crippen LogP contribution is -2.10. The molecule has 0 aliphatic heterocycles. The van der Waals surface area contributed by atoms with Gasteiger partial charge in [0, 0.05) is 15.9 Å². The van der Waals surface area contributed by atoms with E-state index in [1.165, 1.54) is 4.88 Å². The summed E-state index contributed by atoms with van der Waals surface area (Å²) in [5.74, 6) is 0. The van der Waals surface area contributed by atoms with Gasteiger partial charge in [0.1, 0.15) is 0 Å². The van der Waals surface area contributed by atoms with Crippen molar-refractivity contribution >= 4 is 22.9 Å². The average Bonchev–Trinajstić information content (AvgIpc) is 2.80. The minimum atomic E-state index is 0.0966. The van der Waals surface area contributed by atoms with E-state index in [-0.39, 0.29) is 6.04 Å². The number of benzene rings is 1. The van der Waals surface area contributed by atoms with Gasteiger partial charge in [-0.15, -0.1) is 11.3 Å². The molecular weight excluding hydrogens is 238 g/mol. The van der Waals surface area contributed by atoms with Crippen LogP contribution in [0.3, 0.4) is 0 Å². The summed E-state index contributed by atoms with van der Waals surface area (Å²) in [5, 5.41) is 2.86. The van der Waals surface area contributed by atoms with E-state index in [0.29, 0.717) is 0 Å². The zero-order valence-corrected chi connectivity index (χ0v) is 10.5. The molecule has 0 fully saturated rings. The first-order valence-corrected chi connectivity index (χ1v) is 6.55. The molecule has 1 atom stereocenters. The number of nitrogens with two attached hydrogens (primary N) is 1. The van der Waals surface area contributed by atoms with Crippen LogP contribution in [-0.4, -0.2) is 0 Å². The lowest BCUT2D eigenvalue weighted by Gasteiger charge is -2.11. The summed E-state index contributed by atoms with van der Waals surface area (Å²) < 4.78 is 0. The van der Waals surface area contributed by atoms with E-state index in [1.54, 1.807) is 11.3 Å². The molecule has 0 spiro atoms. The van der Waals surface area contributed by atoms with Gasteiger partial charge in [0.15, 0.2) is 0 Å². The van der Waals surface area contributed by atoms with Gasteiger partial charge >= 0.3 is 0 Å². The Kier molecular flexibility index (Phi) is 3.99. The second-order valence-electron chi connectivity index (χ2n) is 3.78. The lowest BCUT2D eigenvalue weighted by molar-refractivity contribution is 0.655. The van der Waals surface area contributed by atoms with Crippen molar-refractivity contribution in [2.75, 3.05) is 0 Å². The van der Waals surface area contributed by atoms with E-state index in [4.69, 9.17) is 17.3 Å². The van der Waals surface area contributed by atoms with Crippen LogP contribution >= 0.6 is 22.9 Å². The maximum atomic E-state index is 6.12. The Morgan fingerprint density at radius 2 is 1.94 bits per heavy atom. The molecule has 0 aliphatic rings. The van der Waals surface area contributed by atoms with Crippen LogP contribution in [0, 0.1) is 0 Å². The number of halogens is 1. The maximum Gasteiger partial charge on any atom is 0.0406 e. The third-order valence-electron chi connectivity index (χ3n) is 2.58. The highest BCUT2D eigenvalue weighted by molar-refractivity contribution is 7.09. The minimum absolute atomic E-state index is 0.0966. The molecule has 0 saturated heterocycles. The summed E-state index contributed by atoms with van der Waals surface area (Å²) in [6.07, 6.45) is 2.02. The third-order valence-corrected chi connectivity index (χ3v) is 3.77. The van der Waals surface area contributed by atoms with Crippen LogP contribution in [0.2, 0.25) is 5.02 Å². The first kappa shape index (κ1) is 11.6. The molecule has 0 aliphatic carbocycles. The fourth-order valence-electron chi connectivity index (χ4n) is 1.63. The van der Waals surface area contributed by atoms with Gasteiger partial charge in [-0.1, -0.05) is 29.8 Å². The number of hydrogen-bond donors (Lipinski definition) is 1. The smallest absolute Gasteiger partial charge is 0.0406 e. The SMILES string of the molecule is NC(CCc1cccs1)c1ccc(Cl)cc1. The van der Waals surface area contributed by atoms with E-state index >= 15 is 0 Å². The highest BCUT2D eigenvalue weighted by Gasteiger charge is 2.06. The summed E-state index contributed by atoms with van der Waals surface area (Å²) in [6.45, 7) is 0. The molecule has 2 aromatic rings. The molecule has 84 valence electrons. The van der Waals surface area contributed by atoms with Crippen molar-refractivity contribution in [1.82, 2.24) is 0 Å². The maximum absolute atomic E-state index is 6.12. The molecule has 1 unspecified atom stereocenters. The molecule has 1 aromatic heterocycles. The second-order valence-corrected chi connectivity index (χ2v) is 5.24. The Morgan fingerprint density at radius 1 is 1.19 bits per heavy atom. The third kappa shape index (κ3) is 3.08. The minimum Gasteiger partial charge on any atom is -0.324 e. The van der Waals surface area contributed by atoms with Crippen molar-refractivity contribution in [1.29, 1.82) is 0 Å². The first-order chi connectivity index (χ1) is 7.75. The number of hydrogen-bond acceptors (Lipinski definition) is 2. The summed E-state index contributed by atoms with van der Waals surface area (Å²) in [6, 6.07) is 12.1. The van der Waals surface area contributed by atoms with Crippen LogP contribution in [0.1, 0.15) is 22.9 Å². The molecule has 0 saturated carbocycles. The Morgan fingerprint density at radius 3 is 2.56 bits per heavy atom. The van der Waals surface area contributed by atoms with Crippen molar-refractivity contribution in [2.24, 2.45) is 5.73 Å². The highest BCUT2D eigenvalue weighted by Crippen LogP contribution is 2.20. The molecule has 1 heterocycles. The van der Waals surface area contributed by atoms with E-state index in [9.17, 15) is 0 Å². The number of aryl methyl sites for hydroxylation is 1. The van der Waals surface area contributed by atoms with E-state index in [0.717, 1.165) is 23.4 Å². The van der Waals surface area contributed by atoms with Gasteiger partial charge in [-0.2, -0.15) is 0 Å². The van der Waals surface area contributed by atoms with Gasteiger partial charge in [0.05, 0.1) is 0 Å². The van der Waals surface area contributed by atoms with Gasteiger partial charge in [-0.05, 0) is 42.0 Å². The normalized spacial score (nSPS) is 12.6. The molecule has 1 nitrogen and oxygen atoms in total. The standard InChI is InChI=1S/C13H14ClNS/c14-11-5-3-10(4-6-11)13(15)8-7-12-2-1-9-16-12/h1-6,9,13H,7-8,15H2. The zero-order chi connectivity index (χ0) is 11.4.